The highest BCUT2D eigenvalue weighted by atomic mass is 79.9. The van der Waals surface area contributed by atoms with Gasteiger partial charge in [0.15, 0.2) is 0 Å². The fourth-order valence-corrected chi connectivity index (χ4v) is 2.54. The van der Waals surface area contributed by atoms with Crippen LogP contribution in [0.25, 0.3) is 21.8 Å². The summed E-state index contributed by atoms with van der Waals surface area (Å²) in [7, 11) is 0. The first-order chi connectivity index (χ1) is 8.18. The third-order valence-corrected chi connectivity index (χ3v) is 3.34. The molecule has 0 aliphatic heterocycles. The molecule has 84 valence electrons. The molecule has 0 spiro atoms. The predicted molar refractivity (Wildman–Crippen MR) is 71.2 cm³/mol. The minimum atomic E-state index is 0.000299. The van der Waals surface area contributed by atoms with E-state index in [9.17, 15) is 4.79 Å². The molecule has 1 aromatic carbocycles. The van der Waals surface area contributed by atoms with Crippen LogP contribution in [0.4, 0.5) is 0 Å². The van der Waals surface area contributed by atoms with E-state index in [-0.39, 0.29) is 5.91 Å². The quantitative estimate of drug-likeness (QED) is 0.633. The van der Waals surface area contributed by atoms with E-state index in [4.69, 9.17) is 0 Å². The van der Waals surface area contributed by atoms with Crippen molar-refractivity contribution >= 4 is 43.6 Å². The van der Waals surface area contributed by atoms with Gasteiger partial charge in [-0.05, 0) is 24.3 Å². The topological polar surface area (TPSA) is 34.9 Å². The van der Waals surface area contributed by atoms with Gasteiger partial charge in [0.25, 0.3) is 0 Å². The van der Waals surface area contributed by atoms with Crippen LogP contribution >= 0.6 is 15.9 Å². The number of carbonyl (C=O) groups is 1. The molecule has 0 unspecified atom stereocenters. The second-order valence-electron chi connectivity index (χ2n) is 3.91. The molecule has 17 heavy (non-hydrogen) atoms. The largest absolute Gasteiger partial charge is 0.278 e. The molecular weight excluding hydrogens is 280 g/mol. The fourth-order valence-electron chi connectivity index (χ4n) is 2.18. The molecule has 0 fully saturated rings. The molecule has 4 heteroatoms. The SMILES string of the molecule is CC(=O)n1c2ccc(Br)cc2c2ccncc21. The van der Waals surface area contributed by atoms with Gasteiger partial charge in [-0.25, -0.2) is 0 Å². The van der Waals surface area contributed by atoms with E-state index in [1.54, 1.807) is 23.9 Å². The van der Waals surface area contributed by atoms with E-state index in [1.165, 1.54) is 0 Å². The first-order valence-corrected chi connectivity index (χ1v) is 6.02. The average molecular weight is 289 g/mol. The van der Waals surface area contributed by atoms with Gasteiger partial charge in [-0.2, -0.15) is 0 Å². The number of fused-ring (bicyclic) bond motifs is 3. The van der Waals surface area contributed by atoms with Gasteiger partial charge in [0.1, 0.15) is 0 Å². The van der Waals surface area contributed by atoms with E-state index in [1.807, 2.05) is 24.3 Å². The van der Waals surface area contributed by atoms with Crippen molar-refractivity contribution < 1.29 is 4.79 Å². The second kappa shape index (κ2) is 3.67. The van der Waals surface area contributed by atoms with Crippen LogP contribution in [0.2, 0.25) is 0 Å². The van der Waals surface area contributed by atoms with E-state index in [0.29, 0.717) is 0 Å². The summed E-state index contributed by atoms with van der Waals surface area (Å²) in [5, 5.41) is 2.11. The third kappa shape index (κ3) is 1.48. The molecule has 0 amide bonds. The lowest BCUT2D eigenvalue weighted by Crippen LogP contribution is -2.04. The summed E-state index contributed by atoms with van der Waals surface area (Å²) < 4.78 is 2.70. The Hall–Kier alpha value is -1.68. The Kier molecular flexibility index (Phi) is 2.26. The smallest absolute Gasteiger partial charge is 0.228 e. The first-order valence-electron chi connectivity index (χ1n) is 5.23. The highest BCUT2D eigenvalue weighted by molar-refractivity contribution is 9.10. The van der Waals surface area contributed by atoms with Gasteiger partial charge >= 0.3 is 0 Å². The van der Waals surface area contributed by atoms with Crippen molar-refractivity contribution in [2.75, 3.05) is 0 Å². The summed E-state index contributed by atoms with van der Waals surface area (Å²) in [6.45, 7) is 1.56. The lowest BCUT2D eigenvalue weighted by atomic mass is 10.2. The Bertz CT molecular complexity index is 746. The van der Waals surface area contributed by atoms with Gasteiger partial charge in [-0.1, -0.05) is 15.9 Å². The lowest BCUT2D eigenvalue weighted by molar-refractivity contribution is 0.0946. The monoisotopic (exact) mass is 288 g/mol. The van der Waals surface area contributed by atoms with Crippen molar-refractivity contribution in [3.63, 3.8) is 0 Å². The van der Waals surface area contributed by atoms with Crippen LogP contribution in [0.5, 0.6) is 0 Å². The van der Waals surface area contributed by atoms with Crippen LogP contribution in [0.1, 0.15) is 11.7 Å². The molecule has 0 saturated carbocycles. The van der Waals surface area contributed by atoms with Crippen molar-refractivity contribution in [1.29, 1.82) is 0 Å². The molecule has 0 atom stereocenters. The van der Waals surface area contributed by atoms with E-state index >= 15 is 0 Å². The Balaban J connectivity index is 2.62. The summed E-state index contributed by atoms with van der Waals surface area (Å²) in [5.41, 5.74) is 1.77. The minimum Gasteiger partial charge on any atom is -0.278 e. The standard InChI is InChI=1S/C13H9BrN2O/c1-8(17)16-12-3-2-9(14)6-11(12)10-4-5-15-7-13(10)16/h2-7H,1H3. The zero-order chi connectivity index (χ0) is 12.0. The highest BCUT2D eigenvalue weighted by Crippen LogP contribution is 2.30. The number of benzene rings is 1. The molecule has 0 aliphatic carbocycles. The third-order valence-electron chi connectivity index (χ3n) is 2.85. The van der Waals surface area contributed by atoms with Crippen LogP contribution in [-0.4, -0.2) is 15.5 Å². The number of hydrogen-bond donors (Lipinski definition) is 0. The van der Waals surface area contributed by atoms with Crippen LogP contribution in [0, 0.1) is 0 Å². The van der Waals surface area contributed by atoms with E-state index < -0.39 is 0 Å². The van der Waals surface area contributed by atoms with E-state index in [0.717, 1.165) is 26.3 Å². The number of hydrogen-bond acceptors (Lipinski definition) is 2. The van der Waals surface area contributed by atoms with Crippen molar-refractivity contribution in [3.8, 4) is 0 Å². The first kappa shape index (κ1) is 10.5. The van der Waals surface area contributed by atoms with Crippen molar-refractivity contribution in [2.24, 2.45) is 0 Å². The number of pyridine rings is 1. The predicted octanol–water partition coefficient (Wildman–Crippen LogP) is 3.61. The van der Waals surface area contributed by atoms with Crippen molar-refractivity contribution in [3.05, 3.63) is 41.1 Å². The molecule has 0 radical (unpaired) electrons. The molecule has 3 rings (SSSR count). The highest BCUT2D eigenvalue weighted by Gasteiger charge is 2.13. The number of carbonyl (C=O) groups excluding carboxylic acids is 1. The Morgan fingerprint density at radius 1 is 1.24 bits per heavy atom. The maximum Gasteiger partial charge on any atom is 0.228 e. The lowest BCUT2D eigenvalue weighted by Gasteiger charge is -2.00. The second-order valence-corrected chi connectivity index (χ2v) is 4.82. The van der Waals surface area contributed by atoms with Gasteiger partial charge in [-0.15, -0.1) is 0 Å². The number of rotatable bonds is 0. The van der Waals surface area contributed by atoms with Crippen LogP contribution < -0.4 is 0 Å². The fraction of sp³-hybridized carbons (Fsp3) is 0.0769. The maximum absolute atomic E-state index is 11.7. The van der Waals surface area contributed by atoms with Crippen LogP contribution in [0.3, 0.4) is 0 Å². The average Bonchev–Trinajstić information content (AvgIpc) is 2.63. The molecule has 0 N–H and O–H groups in total. The van der Waals surface area contributed by atoms with Crippen molar-refractivity contribution in [2.45, 2.75) is 6.92 Å². The van der Waals surface area contributed by atoms with Gasteiger partial charge in [-0.3, -0.25) is 14.3 Å². The number of nitrogens with zero attached hydrogens (tertiary/aromatic N) is 2. The van der Waals surface area contributed by atoms with Gasteiger partial charge < -0.3 is 0 Å². The summed E-state index contributed by atoms with van der Waals surface area (Å²) in [4.78, 5) is 15.8. The van der Waals surface area contributed by atoms with Gasteiger partial charge in [0, 0.05) is 28.4 Å². The zero-order valence-electron chi connectivity index (χ0n) is 9.14. The number of halogens is 1. The summed E-state index contributed by atoms with van der Waals surface area (Å²) in [5.74, 6) is 0.000299. The molecule has 0 bridgehead atoms. The molecule has 2 aromatic heterocycles. The molecule has 0 aliphatic rings. The molecule has 3 aromatic rings. The van der Waals surface area contributed by atoms with Gasteiger partial charge in [0.2, 0.25) is 5.91 Å². The minimum absolute atomic E-state index is 0.000299. The van der Waals surface area contributed by atoms with E-state index in [2.05, 4.69) is 20.9 Å². The van der Waals surface area contributed by atoms with Crippen molar-refractivity contribution in [1.82, 2.24) is 9.55 Å². The summed E-state index contributed by atoms with van der Waals surface area (Å²) in [6.07, 6.45) is 3.47. The van der Waals surface area contributed by atoms with Gasteiger partial charge in [0.05, 0.1) is 17.2 Å². The maximum atomic E-state index is 11.7. The summed E-state index contributed by atoms with van der Waals surface area (Å²) in [6, 6.07) is 7.84. The molecular formula is C13H9BrN2O. The Morgan fingerprint density at radius 3 is 2.82 bits per heavy atom. The molecule has 0 saturated heterocycles. The zero-order valence-corrected chi connectivity index (χ0v) is 10.7. The molecule has 2 heterocycles. The summed E-state index contributed by atoms with van der Waals surface area (Å²) >= 11 is 3.45. The molecule has 3 nitrogen and oxygen atoms in total. The van der Waals surface area contributed by atoms with Crippen LogP contribution in [0.15, 0.2) is 41.1 Å². The number of aromatic nitrogens is 2. The normalized spacial score (nSPS) is 11.2. The van der Waals surface area contributed by atoms with Crippen LogP contribution in [-0.2, 0) is 0 Å². The Morgan fingerprint density at radius 2 is 2.06 bits per heavy atom. The Labute approximate surface area is 106 Å².